The molecule has 0 saturated carbocycles. The number of nitro groups is 1. The molecule has 0 saturated heterocycles. The molecule has 0 unspecified atom stereocenters. The fourth-order valence-corrected chi connectivity index (χ4v) is 2.10. The second-order valence-corrected chi connectivity index (χ2v) is 4.87. The highest BCUT2D eigenvalue weighted by Crippen LogP contribution is 2.12. The maximum Gasteiger partial charge on any atom is 0.281 e. The summed E-state index contributed by atoms with van der Waals surface area (Å²) in [6.07, 6.45) is 0. The third kappa shape index (κ3) is 3.27. The Labute approximate surface area is 118 Å². The minimum absolute atomic E-state index is 0.0178. The maximum absolute atomic E-state index is 11.7. The van der Waals surface area contributed by atoms with Crippen molar-refractivity contribution in [2.75, 3.05) is 0 Å². The van der Waals surface area contributed by atoms with Gasteiger partial charge >= 0.3 is 0 Å². The van der Waals surface area contributed by atoms with Crippen LogP contribution in [0.3, 0.4) is 0 Å². The number of thiophene rings is 1. The monoisotopic (exact) mass is 289 g/mol. The first-order chi connectivity index (χ1) is 9.58. The van der Waals surface area contributed by atoms with E-state index in [2.05, 4.69) is 10.5 Å². The van der Waals surface area contributed by atoms with Crippen LogP contribution < -0.4 is 5.43 Å². The Bertz CT molecular complexity index is 648. The molecule has 1 heterocycles. The number of hydrogen-bond donors (Lipinski definition) is 1. The molecule has 7 heteroatoms. The van der Waals surface area contributed by atoms with Crippen LogP contribution in [-0.4, -0.2) is 16.5 Å². The van der Waals surface area contributed by atoms with Crippen molar-refractivity contribution in [3.05, 3.63) is 62.3 Å². The van der Waals surface area contributed by atoms with Gasteiger partial charge in [-0.2, -0.15) is 5.10 Å². The predicted molar refractivity (Wildman–Crippen MR) is 77.1 cm³/mol. The van der Waals surface area contributed by atoms with Crippen molar-refractivity contribution in [2.24, 2.45) is 5.10 Å². The van der Waals surface area contributed by atoms with E-state index in [9.17, 15) is 14.9 Å². The smallest absolute Gasteiger partial charge is 0.266 e. The first-order valence-corrected chi connectivity index (χ1v) is 6.59. The summed E-state index contributed by atoms with van der Waals surface area (Å²) in [4.78, 5) is 22.3. The molecule has 0 radical (unpaired) electrons. The molecule has 0 atom stereocenters. The quantitative estimate of drug-likeness (QED) is 0.533. The molecule has 1 N–H and O–H groups in total. The van der Waals surface area contributed by atoms with E-state index in [1.165, 1.54) is 23.5 Å². The van der Waals surface area contributed by atoms with Crippen LogP contribution in [-0.2, 0) is 0 Å². The molecule has 0 aliphatic heterocycles. The largest absolute Gasteiger partial charge is 0.281 e. The van der Waals surface area contributed by atoms with Gasteiger partial charge in [-0.1, -0.05) is 6.07 Å². The Morgan fingerprint density at radius 2 is 2.00 bits per heavy atom. The molecule has 0 aliphatic carbocycles. The van der Waals surface area contributed by atoms with E-state index in [0.717, 1.165) is 0 Å². The molecule has 0 bridgehead atoms. The molecule has 0 aliphatic rings. The fourth-order valence-electron chi connectivity index (χ4n) is 1.49. The number of benzene rings is 1. The lowest BCUT2D eigenvalue weighted by molar-refractivity contribution is -0.384. The summed E-state index contributed by atoms with van der Waals surface area (Å²) in [7, 11) is 0. The zero-order chi connectivity index (χ0) is 14.5. The third-order valence-corrected chi connectivity index (χ3v) is 3.43. The van der Waals surface area contributed by atoms with E-state index >= 15 is 0 Å². The van der Waals surface area contributed by atoms with Crippen LogP contribution >= 0.6 is 11.3 Å². The molecule has 6 nitrogen and oxygen atoms in total. The lowest BCUT2D eigenvalue weighted by atomic mass is 10.1. The number of nitrogens with zero attached hydrogens (tertiary/aromatic N) is 2. The molecular weight excluding hydrogens is 278 g/mol. The second kappa shape index (κ2) is 6.07. The lowest BCUT2D eigenvalue weighted by Crippen LogP contribution is -2.18. The summed E-state index contributed by atoms with van der Waals surface area (Å²) in [5.74, 6) is -0.277. The number of non-ortho nitro benzene ring substituents is 1. The molecule has 2 rings (SSSR count). The predicted octanol–water partition coefficient (Wildman–Crippen LogP) is 2.81. The topological polar surface area (TPSA) is 84.6 Å². The van der Waals surface area contributed by atoms with E-state index in [-0.39, 0.29) is 11.6 Å². The van der Waals surface area contributed by atoms with Gasteiger partial charge in [-0.05, 0) is 36.1 Å². The molecule has 1 aromatic carbocycles. The van der Waals surface area contributed by atoms with Crippen LogP contribution in [0.25, 0.3) is 0 Å². The summed E-state index contributed by atoms with van der Waals surface area (Å²) in [6.45, 7) is 1.72. The summed E-state index contributed by atoms with van der Waals surface area (Å²) in [6, 6.07) is 9.47. The number of hydrazone groups is 1. The van der Waals surface area contributed by atoms with E-state index in [4.69, 9.17) is 0 Å². The van der Waals surface area contributed by atoms with Crippen molar-refractivity contribution in [1.29, 1.82) is 0 Å². The van der Waals surface area contributed by atoms with Crippen molar-refractivity contribution >= 4 is 28.6 Å². The second-order valence-electron chi connectivity index (χ2n) is 3.92. The summed E-state index contributed by atoms with van der Waals surface area (Å²) in [5.41, 5.74) is 3.75. The number of rotatable bonds is 4. The van der Waals surface area contributed by atoms with Gasteiger partial charge in [0, 0.05) is 12.1 Å². The minimum atomic E-state index is -0.463. The van der Waals surface area contributed by atoms with Gasteiger partial charge in [0.2, 0.25) is 0 Å². The SMILES string of the molecule is C/C(=N\NC(=O)c1cccs1)c1ccc([N+](=O)[O-])cc1. The standard InChI is InChI=1S/C13H11N3O3S/c1-9(10-4-6-11(7-5-10)16(18)19)14-15-13(17)12-3-2-8-20-12/h2-8H,1H3,(H,15,17)/b14-9+. The highest BCUT2D eigenvalue weighted by atomic mass is 32.1. The van der Waals surface area contributed by atoms with E-state index in [1.807, 2.05) is 5.38 Å². The fraction of sp³-hybridized carbons (Fsp3) is 0.0769. The molecule has 1 amide bonds. The molecule has 2 aromatic rings. The highest BCUT2D eigenvalue weighted by molar-refractivity contribution is 7.12. The van der Waals surface area contributed by atoms with E-state index in [1.54, 1.807) is 31.2 Å². The Balaban J connectivity index is 2.06. The lowest BCUT2D eigenvalue weighted by Gasteiger charge is -2.01. The Kier molecular flexibility index (Phi) is 4.21. The normalized spacial score (nSPS) is 11.2. The Morgan fingerprint density at radius 1 is 1.30 bits per heavy atom. The van der Waals surface area contributed by atoms with Gasteiger partial charge < -0.3 is 0 Å². The Morgan fingerprint density at radius 3 is 2.55 bits per heavy atom. The van der Waals surface area contributed by atoms with Crippen LogP contribution in [0.5, 0.6) is 0 Å². The van der Waals surface area contributed by atoms with Crippen LogP contribution in [0.4, 0.5) is 5.69 Å². The summed E-state index contributed by atoms with van der Waals surface area (Å²) in [5, 5.41) is 16.3. The Hall–Kier alpha value is -2.54. The molecule has 20 heavy (non-hydrogen) atoms. The van der Waals surface area contributed by atoms with E-state index < -0.39 is 4.92 Å². The number of carbonyl (C=O) groups is 1. The van der Waals surface area contributed by atoms with Crippen LogP contribution in [0.2, 0.25) is 0 Å². The zero-order valence-electron chi connectivity index (χ0n) is 10.6. The maximum atomic E-state index is 11.7. The average molecular weight is 289 g/mol. The third-order valence-electron chi connectivity index (χ3n) is 2.57. The molecule has 102 valence electrons. The number of nitrogens with one attached hydrogen (secondary N) is 1. The summed E-state index contributed by atoms with van der Waals surface area (Å²) < 4.78 is 0. The van der Waals surface area contributed by atoms with Gasteiger partial charge in [-0.15, -0.1) is 11.3 Å². The highest BCUT2D eigenvalue weighted by Gasteiger charge is 2.07. The first kappa shape index (κ1) is 13.9. The minimum Gasteiger partial charge on any atom is -0.266 e. The number of nitro benzene ring substituents is 1. The van der Waals surface area contributed by atoms with Gasteiger partial charge in [0.05, 0.1) is 15.5 Å². The molecule has 0 fully saturated rings. The van der Waals surface area contributed by atoms with Crippen LogP contribution in [0.1, 0.15) is 22.2 Å². The number of carbonyl (C=O) groups excluding carboxylic acids is 1. The van der Waals surface area contributed by atoms with Crippen LogP contribution in [0, 0.1) is 10.1 Å². The van der Waals surface area contributed by atoms with Gasteiger partial charge in [-0.25, -0.2) is 5.43 Å². The van der Waals surface area contributed by atoms with E-state index in [0.29, 0.717) is 16.2 Å². The van der Waals surface area contributed by atoms with Crippen molar-refractivity contribution in [1.82, 2.24) is 5.43 Å². The molecule has 1 aromatic heterocycles. The van der Waals surface area contributed by atoms with Gasteiger partial charge in [0.25, 0.3) is 11.6 Å². The van der Waals surface area contributed by atoms with Gasteiger partial charge in [0.1, 0.15) is 0 Å². The number of hydrogen-bond acceptors (Lipinski definition) is 5. The molecule has 0 spiro atoms. The van der Waals surface area contributed by atoms with Gasteiger partial charge in [0.15, 0.2) is 0 Å². The van der Waals surface area contributed by atoms with Crippen molar-refractivity contribution in [3.63, 3.8) is 0 Å². The summed E-state index contributed by atoms with van der Waals surface area (Å²) >= 11 is 1.33. The van der Waals surface area contributed by atoms with Crippen molar-refractivity contribution < 1.29 is 9.72 Å². The average Bonchev–Trinajstić information content (AvgIpc) is 2.98. The van der Waals surface area contributed by atoms with Crippen LogP contribution in [0.15, 0.2) is 46.9 Å². The number of amides is 1. The zero-order valence-corrected chi connectivity index (χ0v) is 11.4. The van der Waals surface area contributed by atoms with Crippen molar-refractivity contribution in [2.45, 2.75) is 6.92 Å². The molecular formula is C13H11N3O3S. The first-order valence-electron chi connectivity index (χ1n) is 5.71. The van der Waals surface area contributed by atoms with Gasteiger partial charge in [-0.3, -0.25) is 14.9 Å². The van der Waals surface area contributed by atoms with Crippen molar-refractivity contribution in [3.8, 4) is 0 Å².